The molecule has 0 aliphatic heterocycles. The van der Waals surface area contributed by atoms with Crippen molar-refractivity contribution in [1.82, 2.24) is 16.0 Å². The topological polar surface area (TPSA) is 55.0 Å². The monoisotopic (exact) mass is 449 g/mol. The van der Waals surface area contributed by atoms with Gasteiger partial charge in [-0.3, -0.25) is 0 Å². The van der Waals surface area contributed by atoms with E-state index in [-0.39, 0.29) is 0 Å². The quantitative estimate of drug-likeness (QED) is 0.408. The van der Waals surface area contributed by atoms with Crippen LogP contribution in [0.25, 0.3) is 0 Å². The van der Waals surface area contributed by atoms with Crippen molar-refractivity contribution < 1.29 is 14.2 Å². The molecule has 6 heteroatoms. The van der Waals surface area contributed by atoms with Gasteiger partial charge in [0.05, 0.1) is 27.9 Å². The van der Waals surface area contributed by atoms with Crippen LogP contribution in [0.3, 0.4) is 0 Å². The standard InChI is InChI=1S/C27H35N3O3/c1-19-13-20(2)25(21(3)14-19)17-29-30(18-23-9-7-8-10-26(23)32-5)28-16-22-11-12-24(31-4)15-27(22)33-6/h7-15,28-29H,16-18H2,1-6H3. The summed E-state index contributed by atoms with van der Waals surface area (Å²) in [4.78, 5) is 0. The van der Waals surface area contributed by atoms with Crippen LogP contribution in [0.5, 0.6) is 17.2 Å². The van der Waals surface area contributed by atoms with Crippen LogP contribution < -0.4 is 25.1 Å². The molecule has 3 aromatic rings. The van der Waals surface area contributed by atoms with E-state index in [4.69, 9.17) is 14.2 Å². The van der Waals surface area contributed by atoms with Crippen LogP contribution in [0.2, 0.25) is 0 Å². The number of methoxy groups -OCH3 is 3. The van der Waals surface area contributed by atoms with Crippen LogP contribution in [0.1, 0.15) is 33.4 Å². The second-order valence-electron chi connectivity index (χ2n) is 8.12. The maximum absolute atomic E-state index is 5.57. The summed E-state index contributed by atoms with van der Waals surface area (Å²) in [6.07, 6.45) is 0. The van der Waals surface area contributed by atoms with E-state index in [0.29, 0.717) is 19.6 Å². The number of para-hydroxylation sites is 1. The molecule has 2 N–H and O–H groups in total. The molecule has 0 saturated heterocycles. The van der Waals surface area contributed by atoms with Gasteiger partial charge in [0.2, 0.25) is 0 Å². The number of hydrazine groups is 2. The summed E-state index contributed by atoms with van der Waals surface area (Å²) in [5, 5.41) is 2.01. The van der Waals surface area contributed by atoms with Crippen molar-refractivity contribution in [3.05, 3.63) is 88.0 Å². The molecule has 0 unspecified atom stereocenters. The zero-order valence-corrected chi connectivity index (χ0v) is 20.5. The van der Waals surface area contributed by atoms with Gasteiger partial charge in [0.25, 0.3) is 0 Å². The predicted molar refractivity (Wildman–Crippen MR) is 132 cm³/mol. The fourth-order valence-electron chi connectivity index (χ4n) is 4.01. The smallest absolute Gasteiger partial charge is 0.127 e. The molecule has 3 rings (SSSR count). The van der Waals surface area contributed by atoms with Crippen LogP contribution in [0.15, 0.2) is 54.6 Å². The molecule has 3 aromatic carbocycles. The van der Waals surface area contributed by atoms with Crippen molar-refractivity contribution >= 4 is 0 Å². The Morgan fingerprint density at radius 1 is 0.697 bits per heavy atom. The molecule has 0 aliphatic carbocycles. The summed E-state index contributed by atoms with van der Waals surface area (Å²) in [7, 11) is 5.03. The summed E-state index contributed by atoms with van der Waals surface area (Å²) in [5.74, 6) is 2.41. The van der Waals surface area contributed by atoms with E-state index < -0.39 is 0 Å². The Bertz CT molecular complexity index is 1050. The Labute approximate surface area is 197 Å². The third kappa shape index (κ3) is 6.48. The number of nitrogens with one attached hydrogen (secondary N) is 2. The molecule has 0 spiro atoms. The van der Waals surface area contributed by atoms with E-state index in [9.17, 15) is 0 Å². The van der Waals surface area contributed by atoms with Gasteiger partial charge in [-0.25, -0.2) is 10.9 Å². The molecule has 0 amide bonds. The predicted octanol–water partition coefficient (Wildman–Crippen LogP) is 4.85. The normalized spacial score (nSPS) is 11.0. The Kier molecular flexibility index (Phi) is 8.72. The summed E-state index contributed by atoms with van der Waals surface area (Å²) in [6.45, 7) is 8.37. The largest absolute Gasteiger partial charge is 0.497 e. The maximum Gasteiger partial charge on any atom is 0.127 e. The van der Waals surface area contributed by atoms with Crippen LogP contribution in [0.4, 0.5) is 0 Å². The van der Waals surface area contributed by atoms with Gasteiger partial charge in [-0.15, -0.1) is 0 Å². The lowest BCUT2D eigenvalue weighted by molar-refractivity contribution is 0.0948. The molecule has 0 radical (unpaired) electrons. The molecule has 0 aliphatic rings. The van der Waals surface area contributed by atoms with Crippen molar-refractivity contribution in [3.63, 3.8) is 0 Å². The van der Waals surface area contributed by atoms with Gasteiger partial charge in [0.1, 0.15) is 17.2 Å². The number of rotatable bonds is 11. The number of hydrogen-bond donors (Lipinski definition) is 2. The van der Waals surface area contributed by atoms with E-state index >= 15 is 0 Å². The van der Waals surface area contributed by atoms with Crippen LogP contribution >= 0.6 is 0 Å². The van der Waals surface area contributed by atoms with Crippen LogP contribution in [-0.4, -0.2) is 26.4 Å². The number of benzene rings is 3. The van der Waals surface area contributed by atoms with E-state index in [1.807, 2.05) is 41.5 Å². The Morgan fingerprint density at radius 2 is 1.36 bits per heavy atom. The zero-order valence-electron chi connectivity index (χ0n) is 20.5. The van der Waals surface area contributed by atoms with Crippen molar-refractivity contribution in [2.45, 2.75) is 40.4 Å². The van der Waals surface area contributed by atoms with Crippen molar-refractivity contribution in [3.8, 4) is 17.2 Å². The van der Waals surface area contributed by atoms with E-state index in [1.54, 1.807) is 21.3 Å². The van der Waals surface area contributed by atoms with Gasteiger partial charge < -0.3 is 14.2 Å². The molecule has 0 heterocycles. The van der Waals surface area contributed by atoms with Gasteiger partial charge in [0, 0.05) is 30.3 Å². The second-order valence-corrected chi connectivity index (χ2v) is 8.12. The maximum atomic E-state index is 5.57. The average molecular weight is 450 g/mol. The number of ether oxygens (including phenoxy) is 3. The van der Waals surface area contributed by atoms with E-state index in [2.05, 4.69) is 49.8 Å². The minimum absolute atomic E-state index is 0.585. The highest BCUT2D eigenvalue weighted by atomic mass is 16.5. The summed E-state index contributed by atoms with van der Waals surface area (Å²) in [5.41, 5.74) is 14.4. The van der Waals surface area contributed by atoms with Crippen molar-refractivity contribution in [2.24, 2.45) is 0 Å². The third-order valence-corrected chi connectivity index (χ3v) is 5.76. The number of nitrogens with zero attached hydrogens (tertiary/aromatic N) is 1. The lowest BCUT2D eigenvalue weighted by Crippen LogP contribution is -2.47. The van der Waals surface area contributed by atoms with Gasteiger partial charge >= 0.3 is 0 Å². The average Bonchev–Trinajstić information content (AvgIpc) is 2.81. The van der Waals surface area contributed by atoms with Crippen molar-refractivity contribution in [1.29, 1.82) is 0 Å². The molecular weight excluding hydrogens is 414 g/mol. The summed E-state index contributed by atoms with van der Waals surface area (Å²) < 4.78 is 16.5. The molecular formula is C27H35N3O3. The van der Waals surface area contributed by atoms with E-state index in [0.717, 1.165) is 28.4 Å². The molecule has 0 saturated carbocycles. The summed E-state index contributed by atoms with van der Waals surface area (Å²) in [6, 6.07) is 18.4. The first-order valence-electron chi connectivity index (χ1n) is 11.1. The highest BCUT2D eigenvalue weighted by Gasteiger charge is 2.13. The summed E-state index contributed by atoms with van der Waals surface area (Å²) >= 11 is 0. The third-order valence-electron chi connectivity index (χ3n) is 5.76. The first-order chi connectivity index (χ1) is 15.9. The van der Waals surface area contributed by atoms with Crippen molar-refractivity contribution in [2.75, 3.05) is 21.3 Å². The fourth-order valence-corrected chi connectivity index (χ4v) is 4.01. The van der Waals surface area contributed by atoms with Gasteiger partial charge in [-0.1, -0.05) is 42.0 Å². The Morgan fingerprint density at radius 3 is 2.03 bits per heavy atom. The second kappa shape index (κ2) is 11.7. The molecule has 33 heavy (non-hydrogen) atoms. The molecule has 0 aromatic heterocycles. The number of hydrogen-bond acceptors (Lipinski definition) is 6. The molecule has 6 nitrogen and oxygen atoms in total. The lowest BCUT2D eigenvalue weighted by Gasteiger charge is -2.26. The number of aryl methyl sites for hydroxylation is 3. The Balaban J connectivity index is 1.80. The van der Waals surface area contributed by atoms with Gasteiger partial charge in [-0.2, -0.15) is 5.12 Å². The van der Waals surface area contributed by atoms with Gasteiger partial charge in [-0.05, 0) is 49.6 Å². The molecule has 0 atom stereocenters. The lowest BCUT2D eigenvalue weighted by atomic mass is 10.00. The minimum atomic E-state index is 0.585. The molecule has 0 fully saturated rings. The fraction of sp³-hybridized carbons (Fsp3) is 0.333. The SMILES string of the molecule is COc1ccc(CNN(Cc2ccccc2OC)NCc2c(C)cc(C)cc2C)c(OC)c1. The van der Waals surface area contributed by atoms with Crippen LogP contribution in [-0.2, 0) is 19.6 Å². The first kappa shape index (κ1) is 24.6. The molecule has 176 valence electrons. The highest BCUT2D eigenvalue weighted by molar-refractivity contribution is 5.41. The van der Waals surface area contributed by atoms with Gasteiger partial charge in [0.15, 0.2) is 0 Å². The van der Waals surface area contributed by atoms with Crippen LogP contribution in [0, 0.1) is 20.8 Å². The van der Waals surface area contributed by atoms with E-state index in [1.165, 1.54) is 22.3 Å². The minimum Gasteiger partial charge on any atom is -0.497 e. The Hall–Kier alpha value is -3.06. The first-order valence-corrected chi connectivity index (χ1v) is 11.1. The highest BCUT2D eigenvalue weighted by Crippen LogP contribution is 2.25. The zero-order chi connectivity index (χ0) is 23.8. The molecule has 0 bridgehead atoms.